The number of hydrogen-bond acceptors (Lipinski definition) is 10. The number of phosphoric ester groups is 1. The summed E-state index contributed by atoms with van der Waals surface area (Å²) in [5, 5.41) is 10.9. The second-order valence-corrected chi connectivity index (χ2v) is 10.1. The van der Waals surface area contributed by atoms with Crippen LogP contribution in [-0.4, -0.2) is 58.3 Å². The summed E-state index contributed by atoms with van der Waals surface area (Å²) in [6.45, 7) is 9.47. The van der Waals surface area contributed by atoms with Gasteiger partial charge in [-0.25, -0.2) is 9.36 Å². The summed E-state index contributed by atoms with van der Waals surface area (Å²) in [5.41, 5.74) is -2.27. The van der Waals surface area contributed by atoms with E-state index in [0.717, 1.165) is 16.8 Å². The number of nitrogens with zero attached hydrogens (tertiary/aromatic N) is 1. The minimum atomic E-state index is -4.14. The Bertz CT molecular complexity index is 950. The van der Waals surface area contributed by atoms with Gasteiger partial charge in [-0.2, -0.15) is 0 Å². The van der Waals surface area contributed by atoms with Crippen LogP contribution in [0.1, 0.15) is 47.8 Å². The van der Waals surface area contributed by atoms with Gasteiger partial charge < -0.3 is 14.6 Å². The Kier molecular flexibility index (Phi) is 8.60. The maximum Gasteiger partial charge on any atom is 0.475 e. The molecular weight excluding hydrogens is 447 g/mol. The quantitative estimate of drug-likeness (QED) is 0.392. The molecule has 0 radical (unpaired) electrons. The van der Waals surface area contributed by atoms with Crippen molar-refractivity contribution in [3.8, 4) is 0 Å². The van der Waals surface area contributed by atoms with E-state index in [1.807, 2.05) is 0 Å². The molecule has 1 aromatic heterocycles. The van der Waals surface area contributed by atoms with Crippen molar-refractivity contribution in [2.45, 2.75) is 72.2 Å². The molecular formula is C19H31N2O10P. The second kappa shape index (κ2) is 10.4. The van der Waals surface area contributed by atoms with Gasteiger partial charge >= 0.3 is 19.5 Å². The summed E-state index contributed by atoms with van der Waals surface area (Å²) in [4.78, 5) is 37.8. The molecule has 1 aliphatic rings. The average Bonchev–Trinajstić information content (AvgIpc) is 2.94. The highest BCUT2D eigenvalue weighted by atomic mass is 31.2. The topological polar surface area (TPSA) is 155 Å². The SMILES string of the molecule is CCOP(=O)(OC(C)C)O[C@H]1[C@@H](O)[C@H](n2ccc(=O)[nH]c2=O)O[C@@H]1COC(=O)C(C)(C)C. The van der Waals surface area contributed by atoms with E-state index in [9.17, 15) is 24.1 Å². The van der Waals surface area contributed by atoms with Crippen molar-refractivity contribution < 1.29 is 37.5 Å². The van der Waals surface area contributed by atoms with Gasteiger partial charge in [-0.05, 0) is 41.5 Å². The number of phosphoric acid groups is 1. The number of ether oxygens (including phenoxy) is 2. The van der Waals surface area contributed by atoms with E-state index in [1.54, 1.807) is 41.5 Å². The van der Waals surface area contributed by atoms with Crippen LogP contribution in [0.25, 0.3) is 0 Å². The van der Waals surface area contributed by atoms with Gasteiger partial charge in [-0.15, -0.1) is 0 Å². The lowest BCUT2D eigenvalue weighted by Crippen LogP contribution is -2.39. The third-order valence-electron chi connectivity index (χ3n) is 4.30. The number of aliphatic hydroxyl groups is 1. The average molecular weight is 478 g/mol. The number of H-pyrrole nitrogens is 1. The summed E-state index contributed by atoms with van der Waals surface area (Å²) in [6, 6.07) is 1.08. The van der Waals surface area contributed by atoms with Crippen LogP contribution < -0.4 is 11.2 Å². The van der Waals surface area contributed by atoms with Crippen molar-refractivity contribution in [3.63, 3.8) is 0 Å². The highest BCUT2D eigenvalue weighted by Crippen LogP contribution is 2.53. The van der Waals surface area contributed by atoms with Crippen LogP contribution in [0.3, 0.4) is 0 Å². The van der Waals surface area contributed by atoms with Crippen molar-refractivity contribution in [2.24, 2.45) is 5.41 Å². The van der Waals surface area contributed by atoms with Gasteiger partial charge in [0.25, 0.3) is 5.56 Å². The van der Waals surface area contributed by atoms with Crippen LogP contribution >= 0.6 is 7.82 Å². The number of aromatic amines is 1. The van der Waals surface area contributed by atoms with Gasteiger partial charge in [0.05, 0.1) is 18.1 Å². The first-order valence-electron chi connectivity index (χ1n) is 10.2. The standard InChI is InChI=1S/C19H31N2O10P/c1-7-28-32(26,30-11(2)3)31-15-12(10-27-17(24)19(4,5)6)29-16(14(15)23)21-9-8-13(22)20-18(21)25/h8-9,11-12,14-16,23H,7,10H2,1-6H3,(H,20,22,25)/t12-,14-,15-,16-,32?/m1/s1. The van der Waals surface area contributed by atoms with Crippen molar-refractivity contribution in [2.75, 3.05) is 13.2 Å². The van der Waals surface area contributed by atoms with Gasteiger partial charge in [-0.1, -0.05) is 0 Å². The number of aliphatic hydroxyl groups excluding tert-OH is 1. The number of aromatic nitrogens is 2. The van der Waals surface area contributed by atoms with E-state index in [-0.39, 0.29) is 13.2 Å². The fourth-order valence-electron chi connectivity index (χ4n) is 2.87. The van der Waals surface area contributed by atoms with Crippen LogP contribution in [-0.2, 0) is 32.4 Å². The van der Waals surface area contributed by atoms with E-state index in [0.29, 0.717) is 0 Å². The van der Waals surface area contributed by atoms with Crippen LogP contribution in [0.15, 0.2) is 21.9 Å². The Balaban J connectivity index is 2.35. The van der Waals surface area contributed by atoms with Crippen LogP contribution in [0, 0.1) is 5.41 Å². The van der Waals surface area contributed by atoms with Crippen LogP contribution in [0.2, 0.25) is 0 Å². The summed E-state index contributed by atoms with van der Waals surface area (Å²) in [6.07, 6.45) is -4.71. The Hall–Kier alpha value is -1.82. The maximum absolute atomic E-state index is 13.1. The molecule has 2 rings (SSSR count). The molecule has 0 bridgehead atoms. The zero-order valence-electron chi connectivity index (χ0n) is 19.0. The number of hydrogen-bond donors (Lipinski definition) is 2. The Morgan fingerprint density at radius 3 is 2.53 bits per heavy atom. The minimum Gasteiger partial charge on any atom is -0.462 e. The normalized spacial score (nSPS) is 25.6. The van der Waals surface area contributed by atoms with Gasteiger partial charge in [0.15, 0.2) is 6.23 Å². The summed E-state index contributed by atoms with van der Waals surface area (Å²) >= 11 is 0. The van der Waals surface area contributed by atoms with E-state index in [2.05, 4.69) is 4.98 Å². The Labute approximate surface area is 185 Å². The van der Waals surface area contributed by atoms with Crippen LogP contribution in [0.5, 0.6) is 0 Å². The smallest absolute Gasteiger partial charge is 0.462 e. The molecule has 13 heteroatoms. The molecule has 0 saturated carbocycles. The summed E-state index contributed by atoms with van der Waals surface area (Å²) < 4.78 is 41.1. The lowest BCUT2D eigenvalue weighted by Gasteiger charge is -2.27. The second-order valence-electron chi connectivity index (χ2n) is 8.51. The molecule has 182 valence electrons. The van der Waals surface area contributed by atoms with E-state index in [4.69, 9.17) is 23.0 Å². The highest BCUT2D eigenvalue weighted by molar-refractivity contribution is 7.48. The fourth-order valence-corrected chi connectivity index (χ4v) is 4.43. The molecule has 0 aliphatic carbocycles. The number of carbonyl (C=O) groups excluding carboxylic acids is 1. The molecule has 1 unspecified atom stereocenters. The van der Waals surface area contributed by atoms with Crippen molar-refractivity contribution in [1.29, 1.82) is 0 Å². The van der Waals surface area contributed by atoms with Gasteiger partial charge in [-0.3, -0.25) is 32.7 Å². The zero-order chi connectivity index (χ0) is 24.3. The van der Waals surface area contributed by atoms with Crippen molar-refractivity contribution >= 4 is 13.8 Å². The molecule has 1 aliphatic heterocycles. The Morgan fingerprint density at radius 2 is 2.00 bits per heavy atom. The van der Waals surface area contributed by atoms with E-state index >= 15 is 0 Å². The third-order valence-corrected chi connectivity index (χ3v) is 6.06. The first kappa shape index (κ1) is 26.4. The van der Waals surface area contributed by atoms with Gasteiger partial charge in [0.2, 0.25) is 0 Å². The molecule has 5 atom stereocenters. The number of rotatable bonds is 9. The zero-order valence-corrected chi connectivity index (χ0v) is 19.9. The number of carbonyl (C=O) groups is 1. The molecule has 0 spiro atoms. The van der Waals surface area contributed by atoms with E-state index in [1.165, 1.54) is 0 Å². The number of esters is 1. The molecule has 1 fully saturated rings. The monoisotopic (exact) mass is 478 g/mol. The maximum atomic E-state index is 13.1. The molecule has 0 amide bonds. The first-order valence-corrected chi connectivity index (χ1v) is 11.7. The van der Waals surface area contributed by atoms with Crippen molar-refractivity contribution in [1.82, 2.24) is 9.55 Å². The molecule has 12 nitrogen and oxygen atoms in total. The minimum absolute atomic E-state index is 0.000154. The number of nitrogens with one attached hydrogen (secondary N) is 1. The van der Waals surface area contributed by atoms with Crippen LogP contribution in [0.4, 0.5) is 0 Å². The summed E-state index contributed by atoms with van der Waals surface area (Å²) in [7, 11) is -4.14. The molecule has 2 N–H and O–H groups in total. The lowest BCUT2D eigenvalue weighted by atomic mass is 9.97. The highest BCUT2D eigenvalue weighted by Gasteiger charge is 2.50. The van der Waals surface area contributed by atoms with E-state index < -0.39 is 61.1 Å². The largest absolute Gasteiger partial charge is 0.475 e. The van der Waals surface area contributed by atoms with Gasteiger partial charge in [0.1, 0.15) is 24.9 Å². The lowest BCUT2D eigenvalue weighted by molar-refractivity contribution is -0.159. The summed E-state index contributed by atoms with van der Waals surface area (Å²) in [5.74, 6) is -0.537. The molecule has 1 saturated heterocycles. The molecule has 32 heavy (non-hydrogen) atoms. The Morgan fingerprint density at radius 1 is 1.34 bits per heavy atom. The molecule has 1 aromatic rings. The predicted octanol–water partition coefficient (Wildman–Crippen LogP) is 1.34. The first-order chi connectivity index (χ1) is 14.8. The molecule has 0 aromatic carbocycles. The van der Waals surface area contributed by atoms with Crippen molar-refractivity contribution in [3.05, 3.63) is 33.1 Å². The fraction of sp³-hybridized carbons (Fsp3) is 0.737. The molecule has 2 heterocycles. The van der Waals surface area contributed by atoms with Gasteiger partial charge in [0, 0.05) is 12.3 Å². The third kappa shape index (κ3) is 6.60. The predicted molar refractivity (Wildman–Crippen MR) is 112 cm³/mol.